The van der Waals surface area contributed by atoms with Crippen LogP contribution in [0, 0.1) is 11.3 Å². The van der Waals surface area contributed by atoms with Crippen molar-refractivity contribution in [2.45, 2.75) is 19.4 Å². The van der Waals surface area contributed by atoms with E-state index in [1.54, 1.807) is 0 Å². The predicted octanol–water partition coefficient (Wildman–Crippen LogP) is 2.17. The highest BCUT2D eigenvalue weighted by Gasteiger charge is 2.27. The van der Waals surface area contributed by atoms with Gasteiger partial charge in [0.25, 0.3) is 0 Å². The van der Waals surface area contributed by atoms with Crippen LogP contribution in [0.25, 0.3) is 0 Å². The van der Waals surface area contributed by atoms with E-state index < -0.39 is 0 Å². The van der Waals surface area contributed by atoms with Crippen LogP contribution >= 0.6 is 0 Å². The largest absolute Gasteiger partial charge is 0.372 e. The Morgan fingerprint density at radius 1 is 1.31 bits per heavy atom. The molecule has 1 saturated heterocycles. The van der Waals surface area contributed by atoms with Gasteiger partial charge >= 0.3 is 0 Å². The fourth-order valence-electron chi connectivity index (χ4n) is 1.98. The van der Waals surface area contributed by atoms with Crippen molar-refractivity contribution in [2.75, 3.05) is 24.6 Å². The fourth-order valence-corrected chi connectivity index (χ4v) is 1.98. The van der Waals surface area contributed by atoms with Crippen molar-refractivity contribution in [3.63, 3.8) is 0 Å². The molecule has 3 nitrogen and oxygen atoms in total. The Kier molecular flexibility index (Phi) is 2.84. The second-order valence-electron chi connectivity index (χ2n) is 4.69. The van der Waals surface area contributed by atoms with Gasteiger partial charge in [0.1, 0.15) is 0 Å². The summed E-state index contributed by atoms with van der Waals surface area (Å²) in [6.07, 6.45) is 0. The van der Waals surface area contributed by atoms with E-state index in [9.17, 15) is 0 Å². The van der Waals surface area contributed by atoms with Crippen LogP contribution in [0.3, 0.4) is 0 Å². The zero-order valence-electron chi connectivity index (χ0n) is 9.73. The second kappa shape index (κ2) is 4.15. The Morgan fingerprint density at radius 2 is 2.00 bits per heavy atom. The third-order valence-corrected chi connectivity index (χ3v) is 2.79. The summed E-state index contributed by atoms with van der Waals surface area (Å²) < 4.78 is 5.67. The van der Waals surface area contributed by atoms with E-state index in [1.807, 2.05) is 24.3 Å². The third-order valence-electron chi connectivity index (χ3n) is 2.79. The zero-order valence-corrected chi connectivity index (χ0v) is 9.73. The van der Waals surface area contributed by atoms with Gasteiger partial charge in [0, 0.05) is 18.8 Å². The summed E-state index contributed by atoms with van der Waals surface area (Å²) in [5.41, 5.74) is 1.78. The lowest BCUT2D eigenvalue weighted by Gasteiger charge is -2.39. The van der Waals surface area contributed by atoms with Gasteiger partial charge in [0.15, 0.2) is 0 Å². The van der Waals surface area contributed by atoms with Crippen molar-refractivity contribution in [1.82, 2.24) is 0 Å². The Morgan fingerprint density at radius 3 is 2.56 bits per heavy atom. The first kappa shape index (κ1) is 11.0. The van der Waals surface area contributed by atoms with Gasteiger partial charge in [-0.2, -0.15) is 5.26 Å². The molecule has 0 amide bonds. The average molecular weight is 216 g/mol. The highest BCUT2D eigenvalue weighted by Crippen LogP contribution is 2.23. The summed E-state index contributed by atoms with van der Waals surface area (Å²) >= 11 is 0. The molecule has 2 rings (SSSR count). The van der Waals surface area contributed by atoms with Crippen LogP contribution in [-0.4, -0.2) is 25.3 Å². The molecule has 0 aliphatic carbocycles. The molecular weight excluding hydrogens is 200 g/mol. The predicted molar refractivity (Wildman–Crippen MR) is 63.4 cm³/mol. The highest BCUT2D eigenvalue weighted by molar-refractivity contribution is 5.50. The molecule has 1 fully saturated rings. The topological polar surface area (TPSA) is 36.3 Å². The summed E-state index contributed by atoms with van der Waals surface area (Å²) in [4.78, 5) is 2.30. The highest BCUT2D eigenvalue weighted by atomic mass is 16.5. The summed E-state index contributed by atoms with van der Waals surface area (Å²) in [6, 6.07) is 9.85. The number of nitrogens with zero attached hydrogens (tertiary/aromatic N) is 2. The molecule has 0 saturated carbocycles. The Labute approximate surface area is 96.2 Å². The van der Waals surface area contributed by atoms with E-state index in [0.29, 0.717) is 5.56 Å². The number of hydrogen-bond acceptors (Lipinski definition) is 3. The quantitative estimate of drug-likeness (QED) is 0.722. The van der Waals surface area contributed by atoms with Gasteiger partial charge in [-0.05, 0) is 38.1 Å². The molecule has 0 unspecified atom stereocenters. The second-order valence-corrected chi connectivity index (χ2v) is 4.69. The molecule has 1 aromatic carbocycles. The molecule has 0 spiro atoms. The van der Waals surface area contributed by atoms with Gasteiger partial charge in [0.2, 0.25) is 0 Å². The van der Waals surface area contributed by atoms with Crippen LogP contribution in [-0.2, 0) is 4.74 Å². The van der Waals surface area contributed by atoms with E-state index in [4.69, 9.17) is 10.00 Å². The maximum atomic E-state index is 8.74. The number of ether oxygens (including phenoxy) is 1. The fraction of sp³-hybridized carbons (Fsp3) is 0.462. The number of morpholine rings is 1. The number of benzene rings is 1. The minimum absolute atomic E-state index is 0.0911. The first-order chi connectivity index (χ1) is 7.61. The van der Waals surface area contributed by atoms with E-state index >= 15 is 0 Å². The first-order valence-corrected chi connectivity index (χ1v) is 5.50. The van der Waals surface area contributed by atoms with Crippen LogP contribution in [0.4, 0.5) is 5.69 Å². The molecule has 0 radical (unpaired) electrons. The lowest BCUT2D eigenvalue weighted by Crippen LogP contribution is -2.48. The number of hydrogen-bond donors (Lipinski definition) is 0. The molecule has 0 N–H and O–H groups in total. The Balaban J connectivity index is 2.15. The number of anilines is 1. The number of nitriles is 1. The van der Waals surface area contributed by atoms with Crippen molar-refractivity contribution in [1.29, 1.82) is 5.26 Å². The minimum atomic E-state index is -0.0911. The normalized spacial score (nSPS) is 19.2. The van der Waals surface area contributed by atoms with Gasteiger partial charge in [-0.15, -0.1) is 0 Å². The molecule has 1 aromatic rings. The van der Waals surface area contributed by atoms with Gasteiger partial charge < -0.3 is 9.64 Å². The van der Waals surface area contributed by atoms with Crippen molar-refractivity contribution in [3.05, 3.63) is 29.8 Å². The Bertz CT molecular complexity index is 403. The van der Waals surface area contributed by atoms with Crippen LogP contribution in [0.5, 0.6) is 0 Å². The summed E-state index contributed by atoms with van der Waals surface area (Å²) in [6.45, 7) is 6.76. The van der Waals surface area contributed by atoms with Gasteiger partial charge in [-0.3, -0.25) is 0 Å². The van der Waals surface area contributed by atoms with Crippen molar-refractivity contribution < 1.29 is 4.74 Å². The molecule has 84 valence electrons. The maximum absolute atomic E-state index is 8.74. The molecule has 0 bridgehead atoms. The van der Waals surface area contributed by atoms with E-state index in [0.717, 1.165) is 25.4 Å². The maximum Gasteiger partial charge on any atom is 0.0991 e. The molecule has 1 aliphatic rings. The summed E-state index contributed by atoms with van der Waals surface area (Å²) in [5, 5.41) is 8.74. The van der Waals surface area contributed by atoms with Crippen LogP contribution in [0.2, 0.25) is 0 Å². The molecule has 0 atom stereocenters. The molecule has 1 aliphatic heterocycles. The van der Waals surface area contributed by atoms with Gasteiger partial charge in [0.05, 0.1) is 23.8 Å². The monoisotopic (exact) mass is 216 g/mol. The average Bonchev–Trinajstić information content (AvgIpc) is 2.28. The van der Waals surface area contributed by atoms with E-state index in [1.165, 1.54) is 0 Å². The van der Waals surface area contributed by atoms with E-state index in [-0.39, 0.29) is 5.60 Å². The van der Waals surface area contributed by atoms with Crippen LogP contribution < -0.4 is 4.90 Å². The minimum Gasteiger partial charge on any atom is -0.372 e. The lowest BCUT2D eigenvalue weighted by atomic mass is 10.1. The molecule has 3 heteroatoms. The summed E-state index contributed by atoms with van der Waals surface area (Å²) in [5.74, 6) is 0. The zero-order chi connectivity index (χ0) is 11.6. The molecular formula is C13H16N2O. The Hall–Kier alpha value is -1.53. The molecule has 0 aromatic heterocycles. The van der Waals surface area contributed by atoms with Crippen molar-refractivity contribution in [2.24, 2.45) is 0 Å². The van der Waals surface area contributed by atoms with Crippen molar-refractivity contribution >= 4 is 5.69 Å². The molecule has 1 heterocycles. The smallest absolute Gasteiger partial charge is 0.0991 e. The summed E-state index contributed by atoms with van der Waals surface area (Å²) in [7, 11) is 0. The standard InChI is InChI=1S/C13H16N2O/c1-13(2)10-15(7-8-16-13)12-5-3-11(9-14)4-6-12/h3-6H,7-8,10H2,1-2H3. The lowest BCUT2D eigenvalue weighted by molar-refractivity contribution is -0.0276. The van der Waals surface area contributed by atoms with Crippen LogP contribution in [0.15, 0.2) is 24.3 Å². The number of rotatable bonds is 1. The molecule has 16 heavy (non-hydrogen) atoms. The first-order valence-electron chi connectivity index (χ1n) is 5.50. The van der Waals surface area contributed by atoms with E-state index in [2.05, 4.69) is 24.8 Å². The van der Waals surface area contributed by atoms with Gasteiger partial charge in [-0.25, -0.2) is 0 Å². The van der Waals surface area contributed by atoms with Crippen LogP contribution in [0.1, 0.15) is 19.4 Å². The SMILES string of the molecule is CC1(C)CN(c2ccc(C#N)cc2)CCO1. The third kappa shape index (κ3) is 2.34. The van der Waals surface area contributed by atoms with Crippen molar-refractivity contribution in [3.8, 4) is 6.07 Å². The van der Waals surface area contributed by atoms with Gasteiger partial charge in [-0.1, -0.05) is 0 Å².